The Morgan fingerprint density at radius 3 is 2.33 bits per heavy atom. The number of rotatable bonds is 4. The molecule has 1 aromatic carbocycles. The largest absolute Gasteiger partial charge is 0.481 e. The van der Waals surface area contributed by atoms with Crippen LogP contribution < -0.4 is 0 Å². The fourth-order valence-corrected chi connectivity index (χ4v) is 3.77. The number of aromatic nitrogens is 1. The number of allylic oxidation sites excluding steroid dienone is 3. The van der Waals surface area contributed by atoms with Gasteiger partial charge in [-0.25, -0.2) is 4.39 Å². The molecule has 0 amide bonds. The SMILES string of the molecule is C/C(Br)=C\C(F)=C/c1c2c(n(Cc3ccc(Cl)cc3)c1C)CCC2.CC.CC(=O)O. The quantitative estimate of drug-likeness (QED) is 0.439. The van der Waals surface area contributed by atoms with Crippen LogP contribution in [0.2, 0.25) is 5.02 Å². The molecule has 6 heteroatoms. The maximum Gasteiger partial charge on any atom is 0.300 e. The monoisotopic (exact) mass is 497 g/mol. The Balaban J connectivity index is 0.000000673. The molecule has 1 aromatic heterocycles. The lowest BCUT2D eigenvalue weighted by atomic mass is 10.1. The maximum absolute atomic E-state index is 14.2. The van der Waals surface area contributed by atoms with E-state index in [-0.39, 0.29) is 5.83 Å². The Hall–Kier alpha value is -1.85. The number of hydrogen-bond donors (Lipinski definition) is 1. The molecule has 0 fully saturated rings. The van der Waals surface area contributed by atoms with E-state index in [1.807, 2.05) is 32.9 Å². The molecule has 0 aliphatic heterocycles. The first-order chi connectivity index (χ1) is 14.2. The van der Waals surface area contributed by atoms with Crippen molar-refractivity contribution in [3.63, 3.8) is 0 Å². The van der Waals surface area contributed by atoms with Crippen LogP contribution in [0.1, 0.15) is 62.2 Å². The molecule has 1 heterocycles. The van der Waals surface area contributed by atoms with Crippen LogP contribution in [0.15, 0.2) is 40.7 Å². The highest BCUT2D eigenvalue weighted by molar-refractivity contribution is 9.11. The molecule has 0 saturated carbocycles. The molecule has 0 bridgehead atoms. The Morgan fingerprint density at radius 1 is 1.23 bits per heavy atom. The van der Waals surface area contributed by atoms with Crippen molar-refractivity contribution in [3.8, 4) is 0 Å². The van der Waals surface area contributed by atoms with Crippen LogP contribution in [0.25, 0.3) is 6.08 Å². The Labute approximate surface area is 192 Å². The highest BCUT2D eigenvalue weighted by atomic mass is 79.9. The van der Waals surface area contributed by atoms with Gasteiger partial charge in [0.05, 0.1) is 0 Å². The van der Waals surface area contributed by atoms with Gasteiger partial charge in [0.15, 0.2) is 0 Å². The Morgan fingerprint density at radius 2 is 1.80 bits per heavy atom. The van der Waals surface area contributed by atoms with E-state index in [9.17, 15) is 4.39 Å². The van der Waals surface area contributed by atoms with Crippen LogP contribution in [-0.2, 0) is 24.2 Å². The van der Waals surface area contributed by atoms with Gasteiger partial charge in [-0.2, -0.15) is 0 Å². The predicted octanol–water partition coefficient (Wildman–Crippen LogP) is 7.71. The van der Waals surface area contributed by atoms with Crippen LogP contribution in [0.4, 0.5) is 4.39 Å². The van der Waals surface area contributed by atoms with Gasteiger partial charge in [0.2, 0.25) is 0 Å². The van der Waals surface area contributed by atoms with Gasteiger partial charge < -0.3 is 9.67 Å². The summed E-state index contributed by atoms with van der Waals surface area (Å²) in [5.74, 6) is -1.05. The number of fused-ring (bicyclic) bond motifs is 1. The average Bonchev–Trinajstić information content (AvgIpc) is 3.22. The summed E-state index contributed by atoms with van der Waals surface area (Å²) < 4.78 is 17.3. The van der Waals surface area contributed by atoms with Crippen LogP contribution in [0.5, 0.6) is 0 Å². The van der Waals surface area contributed by atoms with Crippen LogP contribution in [0, 0.1) is 6.92 Å². The van der Waals surface area contributed by atoms with Gasteiger partial charge in [-0.1, -0.05) is 53.5 Å². The van der Waals surface area contributed by atoms with Crippen molar-refractivity contribution < 1.29 is 14.3 Å². The first-order valence-electron chi connectivity index (χ1n) is 10.0. The number of aliphatic carboxylic acids is 1. The van der Waals surface area contributed by atoms with E-state index in [1.165, 1.54) is 22.9 Å². The third-order valence-corrected chi connectivity index (χ3v) is 4.99. The smallest absolute Gasteiger partial charge is 0.300 e. The van der Waals surface area contributed by atoms with E-state index in [1.54, 1.807) is 6.08 Å². The molecule has 164 valence electrons. The fourth-order valence-electron chi connectivity index (χ4n) is 3.43. The lowest BCUT2D eigenvalue weighted by Crippen LogP contribution is -2.05. The molecule has 1 aliphatic rings. The number of carboxylic acid groups (broad SMARTS) is 1. The molecular formula is C24H30BrClFNO2. The standard InChI is InChI=1S/C20H20BrClFN.C2H4O2.C2H6/c1-13(21)10-17(23)11-19-14(2)24(20-5-3-4-18(19)20)12-15-6-8-16(22)9-7-15;1-2(3)4;1-2/h6-11H,3-5,12H2,1-2H3;1H3,(H,3,4);1-2H3/b13-10+,17-11+;;. The minimum Gasteiger partial charge on any atom is -0.481 e. The Bertz CT molecular complexity index is 906. The number of carboxylic acids is 1. The van der Waals surface area contributed by atoms with Crippen molar-refractivity contribution in [3.05, 3.63) is 73.8 Å². The van der Waals surface area contributed by atoms with E-state index in [2.05, 4.69) is 39.6 Å². The molecule has 0 atom stereocenters. The van der Waals surface area contributed by atoms with E-state index in [0.29, 0.717) is 0 Å². The number of hydrogen-bond acceptors (Lipinski definition) is 1. The summed E-state index contributed by atoms with van der Waals surface area (Å²) in [5, 5.41) is 8.16. The molecule has 1 aliphatic carbocycles. The van der Waals surface area contributed by atoms with Gasteiger partial charge in [-0.15, -0.1) is 0 Å². The van der Waals surface area contributed by atoms with Gasteiger partial charge in [-0.3, -0.25) is 4.79 Å². The lowest BCUT2D eigenvalue weighted by molar-refractivity contribution is -0.134. The number of carbonyl (C=O) groups is 1. The first-order valence-corrected chi connectivity index (χ1v) is 11.2. The second kappa shape index (κ2) is 12.8. The zero-order chi connectivity index (χ0) is 22.8. The molecule has 0 radical (unpaired) electrons. The molecule has 1 N–H and O–H groups in total. The van der Waals surface area contributed by atoms with E-state index >= 15 is 0 Å². The third kappa shape index (κ3) is 7.77. The third-order valence-electron chi connectivity index (χ3n) is 4.51. The lowest BCUT2D eigenvalue weighted by Gasteiger charge is -2.11. The highest BCUT2D eigenvalue weighted by Crippen LogP contribution is 2.33. The van der Waals surface area contributed by atoms with Crippen LogP contribution >= 0.6 is 27.5 Å². The number of benzene rings is 1. The highest BCUT2D eigenvalue weighted by Gasteiger charge is 2.23. The molecule has 0 spiro atoms. The molecule has 0 saturated heterocycles. The van der Waals surface area contributed by atoms with Crippen molar-refractivity contribution in [2.45, 2.75) is 60.4 Å². The summed E-state index contributed by atoms with van der Waals surface area (Å²) in [6.07, 6.45) is 6.41. The second-order valence-electron chi connectivity index (χ2n) is 6.77. The van der Waals surface area contributed by atoms with Crippen molar-refractivity contribution in [2.24, 2.45) is 0 Å². The van der Waals surface area contributed by atoms with E-state index in [0.717, 1.165) is 53.5 Å². The zero-order valence-electron chi connectivity index (χ0n) is 18.2. The molecule has 2 aromatic rings. The van der Waals surface area contributed by atoms with Gasteiger partial charge >= 0.3 is 0 Å². The van der Waals surface area contributed by atoms with Gasteiger partial charge in [0.1, 0.15) is 5.83 Å². The van der Waals surface area contributed by atoms with Gasteiger partial charge in [0, 0.05) is 35.4 Å². The number of halogens is 3. The van der Waals surface area contributed by atoms with Crippen molar-refractivity contribution in [1.82, 2.24) is 4.57 Å². The zero-order valence-corrected chi connectivity index (χ0v) is 20.6. The first kappa shape index (κ1) is 26.2. The molecular weight excluding hydrogens is 469 g/mol. The molecule has 0 unspecified atom stereocenters. The second-order valence-corrected chi connectivity index (χ2v) is 8.46. The number of nitrogens with zero attached hydrogens (tertiary/aromatic N) is 1. The van der Waals surface area contributed by atoms with Gasteiger partial charge in [-0.05, 0) is 73.0 Å². The van der Waals surface area contributed by atoms with E-state index in [4.69, 9.17) is 21.5 Å². The summed E-state index contributed by atoms with van der Waals surface area (Å²) in [6, 6.07) is 7.94. The minimum absolute atomic E-state index is 0.217. The van der Waals surface area contributed by atoms with Crippen LogP contribution in [0.3, 0.4) is 0 Å². The summed E-state index contributed by atoms with van der Waals surface area (Å²) >= 11 is 9.27. The maximum atomic E-state index is 14.2. The summed E-state index contributed by atoms with van der Waals surface area (Å²) in [5.41, 5.74) is 6.03. The van der Waals surface area contributed by atoms with Gasteiger partial charge in [0.25, 0.3) is 5.97 Å². The average molecular weight is 499 g/mol. The summed E-state index contributed by atoms with van der Waals surface area (Å²) in [7, 11) is 0. The Kier molecular flexibility index (Phi) is 11.1. The van der Waals surface area contributed by atoms with Crippen molar-refractivity contribution in [2.75, 3.05) is 0 Å². The van der Waals surface area contributed by atoms with Crippen molar-refractivity contribution in [1.29, 1.82) is 0 Å². The molecule has 3 rings (SSSR count). The van der Waals surface area contributed by atoms with E-state index < -0.39 is 5.97 Å². The topological polar surface area (TPSA) is 42.2 Å². The molecule has 30 heavy (non-hydrogen) atoms. The molecule has 3 nitrogen and oxygen atoms in total. The normalized spacial score (nSPS) is 13.1. The van der Waals surface area contributed by atoms with Crippen LogP contribution in [-0.4, -0.2) is 15.6 Å². The fraction of sp³-hybridized carbons (Fsp3) is 0.375. The minimum atomic E-state index is -0.833. The summed E-state index contributed by atoms with van der Waals surface area (Å²) in [6.45, 7) is 9.79. The predicted molar refractivity (Wildman–Crippen MR) is 128 cm³/mol. The summed E-state index contributed by atoms with van der Waals surface area (Å²) in [4.78, 5) is 9.00. The van der Waals surface area contributed by atoms with Crippen molar-refractivity contribution >= 4 is 39.6 Å².